The summed E-state index contributed by atoms with van der Waals surface area (Å²) in [6, 6.07) is 13.9. The van der Waals surface area contributed by atoms with Gasteiger partial charge in [0.25, 0.3) is 0 Å². The first kappa shape index (κ1) is 25.3. The van der Waals surface area contributed by atoms with Crippen molar-refractivity contribution in [3.63, 3.8) is 0 Å². The lowest BCUT2D eigenvalue weighted by atomic mass is 10.0. The molecule has 1 atom stereocenters. The van der Waals surface area contributed by atoms with E-state index in [4.69, 9.17) is 9.47 Å². The Labute approximate surface area is 220 Å². The van der Waals surface area contributed by atoms with Crippen molar-refractivity contribution in [2.24, 2.45) is 0 Å². The number of nitrogens with zero attached hydrogens (tertiary/aromatic N) is 3. The van der Waals surface area contributed by atoms with Crippen LogP contribution in [0.15, 0.2) is 48.5 Å². The van der Waals surface area contributed by atoms with Crippen molar-refractivity contribution >= 4 is 23.5 Å². The highest BCUT2D eigenvalue weighted by atomic mass is 16.7. The Balaban J connectivity index is 1.35. The molecule has 0 bridgehead atoms. The predicted molar refractivity (Wildman–Crippen MR) is 138 cm³/mol. The normalized spacial score (nSPS) is 14.7. The third-order valence-corrected chi connectivity index (χ3v) is 6.94. The van der Waals surface area contributed by atoms with Gasteiger partial charge in [0.2, 0.25) is 18.6 Å². The number of carboxylic acids is 1. The number of carboxylic acid groups (broad SMARTS) is 1. The molecule has 0 saturated heterocycles. The van der Waals surface area contributed by atoms with E-state index >= 15 is 0 Å². The highest BCUT2D eigenvalue weighted by Crippen LogP contribution is 2.41. The molecule has 5 rings (SSSR count). The number of benzene rings is 2. The van der Waals surface area contributed by atoms with Gasteiger partial charge >= 0.3 is 5.97 Å². The van der Waals surface area contributed by atoms with Crippen LogP contribution in [0.1, 0.15) is 41.3 Å². The molecule has 2 aliphatic rings. The Kier molecular flexibility index (Phi) is 7.04. The van der Waals surface area contributed by atoms with E-state index in [1.54, 1.807) is 36.9 Å². The monoisotopic (exact) mass is 518 g/mol. The molecule has 1 saturated carbocycles. The van der Waals surface area contributed by atoms with Gasteiger partial charge in [0.05, 0.1) is 12.1 Å². The molecule has 2 aromatic carbocycles. The average Bonchev–Trinajstić information content (AvgIpc) is 3.57. The van der Waals surface area contributed by atoms with Crippen LogP contribution in [0, 0.1) is 6.92 Å². The van der Waals surface area contributed by atoms with Crippen LogP contribution in [0.2, 0.25) is 0 Å². The first-order chi connectivity index (χ1) is 18.3. The summed E-state index contributed by atoms with van der Waals surface area (Å²) in [6.45, 7) is 1.80. The molecule has 38 heavy (non-hydrogen) atoms. The summed E-state index contributed by atoms with van der Waals surface area (Å²) in [6.07, 6.45) is 2.11. The second-order valence-electron chi connectivity index (χ2n) is 9.70. The van der Waals surface area contributed by atoms with Gasteiger partial charge in [-0.25, -0.2) is 0 Å². The summed E-state index contributed by atoms with van der Waals surface area (Å²) in [5.41, 5.74) is 3.61. The first-order valence-corrected chi connectivity index (χ1v) is 12.6. The maximum Gasteiger partial charge on any atom is 0.307 e. The Bertz CT molecular complexity index is 1370. The van der Waals surface area contributed by atoms with Crippen molar-refractivity contribution in [2.75, 3.05) is 18.7 Å². The van der Waals surface area contributed by atoms with Gasteiger partial charge in [0.15, 0.2) is 11.5 Å². The standard InChI is InChI=1S/C28H30N4O6/c1-17-21(14-26(34)35)27(19-8-9-19)30-32(17)15-25(33)29-22(12-18-6-4-3-5-7-18)28(36)31(2)20-10-11-23-24(13-20)38-16-37-23/h3-7,10-11,13,19,22H,8-9,12,14-16H2,1-2H3,(H,29,33)(H,34,35)/t22-/m0/s1. The lowest BCUT2D eigenvalue weighted by Gasteiger charge is -2.25. The van der Waals surface area contributed by atoms with Crippen LogP contribution in [0.25, 0.3) is 0 Å². The number of nitrogens with one attached hydrogen (secondary N) is 1. The lowest BCUT2D eigenvalue weighted by Crippen LogP contribution is -2.49. The first-order valence-electron chi connectivity index (χ1n) is 12.6. The highest BCUT2D eigenvalue weighted by molar-refractivity contribution is 5.99. The zero-order valence-corrected chi connectivity index (χ0v) is 21.3. The van der Waals surface area contributed by atoms with Gasteiger partial charge in [-0.1, -0.05) is 30.3 Å². The van der Waals surface area contributed by atoms with E-state index in [1.807, 2.05) is 30.3 Å². The van der Waals surface area contributed by atoms with Crippen LogP contribution in [0.4, 0.5) is 5.69 Å². The minimum Gasteiger partial charge on any atom is -0.481 e. The molecule has 2 amide bonds. The van der Waals surface area contributed by atoms with E-state index in [-0.39, 0.29) is 37.5 Å². The van der Waals surface area contributed by atoms with E-state index in [0.29, 0.717) is 34.9 Å². The summed E-state index contributed by atoms with van der Waals surface area (Å²) in [5.74, 6) is -0.180. The van der Waals surface area contributed by atoms with Crippen molar-refractivity contribution in [2.45, 2.75) is 51.1 Å². The number of fused-ring (bicyclic) bond motifs is 1. The van der Waals surface area contributed by atoms with Gasteiger partial charge in [0.1, 0.15) is 12.6 Å². The van der Waals surface area contributed by atoms with Crippen LogP contribution in [-0.4, -0.2) is 52.6 Å². The lowest BCUT2D eigenvalue weighted by molar-refractivity contribution is -0.136. The summed E-state index contributed by atoms with van der Waals surface area (Å²) in [4.78, 5) is 39.7. The summed E-state index contributed by atoms with van der Waals surface area (Å²) in [7, 11) is 1.65. The second-order valence-corrected chi connectivity index (χ2v) is 9.70. The van der Waals surface area contributed by atoms with Gasteiger partial charge in [-0.05, 0) is 37.5 Å². The topological polar surface area (TPSA) is 123 Å². The number of hydrogen-bond donors (Lipinski definition) is 2. The minimum absolute atomic E-state index is 0.114. The van der Waals surface area contributed by atoms with Gasteiger partial charge < -0.3 is 24.8 Å². The fraction of sp³-hybridized carbons (Fsp3) is 0.357. The number of carbonyl (C=O) groups excluding carboxylic acids is 2. The van der Waals surface area contributed by atoms with Gasteiger partial charge in [0, 0.05) is 42.4 Å². The molecule has 198 valence electrons. The predicted octanol–water partition coefficient (Wildman–Crippen LogP) is 2.82. The minimum atomic E-state index is -0.931. The molecule has 2 N–H and O–H groups in total. The maximum atomic E-state index is 13.6. The Morgan fingerprint density at radius 1 is 1.13 bits per heavy atom. The third-order valence-electron chi connectivity index (χ3n) is 6.94. The highest BCUT2D eigenvalue weighted by Gasteiger charge is 2.32. The van der Waals surface area contributed by atoms with Crippen molar-refractivity contribution in [3.8, 4) is 11.5 Å². The molecule has 1 aromatic heterocycles. The zero-order chi connectivity index (χ0) is 26.8. The molecule has 0 radical (unpaired) electrons. The Morgan fingerprint density at radius 3 is 2.58 bits per heavy atom. The summed E-state index contributed by atoms with van der Waals surface area (Å²) < 4.78 is 12.4. The van der Waals surface area contributed by atoms with Gasteiger partial charge in [-0.2, -0.15) is 5.10 Å². The second kappa shape index (κ2) is 10.6. The molecule has 3 aromatic rings. The van der Waals surface area contributed by atoms with Crippen LogP contribution >= 0.6 is 0 Å². The number of hydrogen-bond acceptors (Lipinski definition) is 6. The molecule has 10 heteroatoms. The number of rotatable bonds is 10. The maximum absolute atomic E-state index is 13.6. The summed E-state index contributed by atoms with van der Waals surface area (Å²) in [5, 5.41) is 16.8. The third kappa shape index (κ3) is 5.49. The van der Waals surface area contributed by atoms with Crippen molar-refractivity contribution in [3.05, 3.63) is 71.0 Å². The molecular formula is C28H30N4O6. The number of aromatic nitrogens is 2. The fourth-order valence-corrected chi connectivity index (χ4v) is 4.70. The van der Waals surface area contributed by atoms with Crippen LogP contribution < -0.4 is 19.7 Å². The van der Waals surface area contributed by atoms with Crippen molar-refractivity contribution in [1.29, 1.82) is 0 Å². The molecular weight excluding hydrogens is 488 g/mol. The van der Waals surface area contributed by atoms with Crippen molar-refractivity contribution < 1.29 is 29.0 Å². The SMILES string of the molecule is Cc1c(CC(=O)O)c(C2CC2)nn1CC(=O)N[C@@H](Cc1ccccc1)C(=O)N(C)c1ccc2c(c1)OCO2. The molecule has 2 heterocycles. The Hall–Kier alpha value is -4.34. The smallest absolute Gasteiger partial charge is 0.307 e. The number of anilines is 1. The van der Waals surface area contributed by atoms with E-state index < -0.39 is 12.0 Å². The van der Waals surface area contributed by atoms with Crippen LogP contribution in [0.5, 0.6) is 11.5 Å². The number of ether oxygens (including phenoxy) is 2. The molecule has 1 aliphatic heterocycles. The molecule has 0 spiro atoms. The quantitative estimate of drug-likeness (QED) is 0.423. The molecule has 1 fully saturated rings. The Morgan fingerprint density at radius 2 is 1.87 bits per heavy atom. The van der Waals surface area contributed by atoms with Crippen molar-refractivity contribution in [1.82, 2.24) is 15.1 Å². The van der Waals surface area contributed by atoms with Crippen LogP contribution in [-0.2, 0) is 33.8 Å². The van der Waals surface area contributed by atoms with Gasteiger partial charge in [-0.3, -0.25) is 19.1 Å². The number of carbonyl (C=O) groups is 3. The van der Waals surface area contributed by atoms with E-state index in [9.17, 15) is 19.5 Å². The van der Waals surface area contributed by atoms with E-state index in [2.05, 4.69) is 10.4 Å². The van der Waals surface area contributed by atoms with Crippen LogP contribution in [0.3, 0.4) is 0 Å². The number of amides is 2. The number of aliphatic carboxylic acids is 1. The molecule has 1 aliphatic carbocycles. The van der Waals surface area contributed by atoms with E-state index in [0.717, 1.165) is 24.1 Å². The average molecular weight is 519 g/mol. The molecule has 0 unspecified atom stereocenters. The zero-order valence-electron chi connectivity index (χ0n) is 21.3. The van der Waals surface area contributed by atoms with Gasteiger partial charge in [-0.15, -0.1) is 0 Å². The van der Waals surface area contributed by atoms with E-state index in [1.165, 1.54) is 4.90 Å². The number of likely N-dealkylation sites (N-methyl/N-ethyl adjacent to an activating group) is 1. The molecule has 10 nitrogen and oxygen atoms in total. The summed E-state index contributed by atoms with van der Waals surface area (Å²) >= 11 is 0. The fourth-order valence-electron chi connectivity index (χ4n) is 4.70. The largest absolute Gasteiger partial charge is 0.481 e.